The zero-order chi connectivity index (χ0) is 61.4. The van der Waals surface area contributed by atoms with Gasteiger partial charge in [0.15, 0.2) is 5.78 Å². The Bertz CT molecular complexity index is 2450. The summed E-state index contributed by atoms with van der Waals surface area (Å²) >= 11 is -11.1. The Morgan fingerprint density at radius 2 is 0.675 bits per heavy atom. The van der Waals surface area contributed by atoms with Crippen molar-refractivity contribution < 1.29 is 210 Å². The molecule has 0 aliphatic heterocycles. The molecule has 0 saturated heterocycles. The molecule has 45 heteroatoms. The van der Waals surface area contributed by atoms with Gasteiger partial charge >= 0.3 is 130 Å². The molecule has 0 radical (unpaired) electrons. The fraction of sp³-hybridized carbons (Fsp3) is 0.531. The Morgan fingerprint density at radius 3 is 0.935 bits per heavy atom. The number of halogens is 34. The molecule has 2 atom stereocenters. The Morgan fingerprint density at radius 1 is 0.429 bits per heavy atom. The van der Waals surface area contributed by atoms with Gasteiger partial charge in [-0.05, 0) is 0 Å². The molecule has 2 aromatic rings. The van der Waals surface area contributed by atoms with E-state index in [-0.39, 0.29) is 35.3 Å². The van der Waals surface area contributed by atoms with E-state index in [2.05, 4.69) is 8.97 Å². The molecule has 0 N–H and O–H groups in total. The first-order valence-corrected chi connectivity index (χ1v) is 19.3. The number of alkyl halides is 34. The first-order valence-electron chi connectivity index (χ1n) is 17.1. The summed E-state index contributed by atoms with van der Waals surface area (Å²) in [5.41, 5.74) is 8.09. The summed E-state index contributed by atoms with van der Waals surface area (Å²) < 4.78 is 472. The van der Waals surface area contributed by atoms with E-state index in [0.717, 1.165) is 30.5 Å². The van der Waals surface area contributed by atoms with Crippen LogP contribution in [0.4, 0.5) is 149 Å². The minimum atomic E-state index is -8.80. The number of carbonyl (C=O) groups excluding carboxylic acids is 2. The van der Waals surface area contributed by atoms with E-state index in [0.29, 0.717) is 5.56 Å². The number of carbonyl (C=O) groups is 2. The maximum Gasteiger partial charge on any atom is 1.00 e. The molecule has 0 aliphatic rings. The predicted molar refractivity (Wildman–Crippen MR) is 176 cm³/mol. The topological polar surface area (TPSA) is 137 Å². The van der Waals surface area contributed by atoms with Gasteiger partial charge in [-0.2, -0.15) is 154 Å². The van der Waals surface area contributed by atoms with Gasteiger partial charge in [-0.3, -0.25) is 18.0 Å². The maximum absolute atomic E-state index is 13.7. The van der Waals surface area contributed by atoms with Crippen molar-refractivity contribution in [1.82, 2.24) is 0 Å². The Hall–Kier alpha value is -4.00. The van der Waals surface area contributed by atoms with Crippen molar-refractivity contribution >= 4 is 39.9 Å². The molecular weight excluding hydrogens is 1240 g/mol. The molecule has 77 heavy (non-hydrogen) atoms. The summed E-state index contributed by atoms with van der Waals surface area (Å²) in [6.07, 6.45) is -14.8. The largest absolute Gasteiger partial charge is 1.00 e. The monoisotopic (exact) mass is 1250 g/mol. The molecule has 2 unspecified atom stereocenters. The van der Waals surface area contributed by atoms with E-state index in [1.807, 2.05) is 6.07 Å². The van der Waals surface area contributed by atoms with Crippen LogP contribution in [0.25, 0.3) is 5.53 Å². The van der Waals surface area contributed by atoms with E-state index in [1.165, 1.54) is 6.07 Å². The van der Waals surface area contributed by atoms with Gasteiger partial charge in [-0.25, -0.2) is 4.21 Å². The third kappa shape index (κ3) is 12.8. The summed E-state index contributed by atoms with van der Waals surface area (Å²) in [4.78, 5) is 25.2. The van der Waals surface area contributed by atoms with Crippen molar-refractivity contribution in [1.29, 1.82) is 0 Å². The molecule has 0 saturated carbocycles. The second-order valence-electron chi connectivity index (χ2n) is 13.4. The molecule has 0 amide bonds. The van der Waals surface area contributed by atoms with Crippen LogP contribution in [0.2, 0.25) is 0 Å². The van der Waals surface area contributed by atoms with Crippen LogP contribution in [0, 0.1) is 0 Å². The van der Waals surface area contributed by atoms with Gasteiger partial charge in [-0.1, -0.05) is 60.7 Å². The van der Waals surface area contributed by atoms with Crippen molar-refractivity contribution in [2.24, 2.45) is 0 Å². The SMILES string of the molecule is O=C(COS(=O)C(F)(F)C(F)(F)C(F)(F)C(F)(F)C(F)(F)C(F)(F)C(F)(F)C(F)(F)F)c1ccccc1.O=S([O-])C(F)(F)C(F)(F)C(F)(F)C(F)(F)C(F)(F)C(F)(F)C(F)(F)C(F)(F)F.[N-]=[N+]=CC(=O)c1ccccc1.[Na+]. The Labute approximate surface area is 427 Å². The van der Waals surface area contributed by atoms with Crippen LogP contribution < -0.4 is 29.6 Å². The number of Topliss-reactive ketones (excluding diaryl/α,β-unsaturated/α-hetero) is 2. The van der Waals surface area contributed by atoms with Crippen LogP contribution in [-0.2, 0) is 26.3 Å². The molecule has 0 bridgehead atoms. The number of benzene rings is 2. The Balaban J connectivity index is 0. The van der Waals surface area contributed by atoms with Gasteiger partial charge in [0.2, 0.25) is 11.1 Å². The zero-order valence-electron chi connectivity index (χ0n) is 35.1. The summed E-state index contributed by atoms with van der Waals surface area (Å²) in [6, 6.07) is 14.0. The number of hydrogen-bond acceptors (Lipinski definition) is 6. The zero-order valence-corrected chi connectivity index (χ0v) is 38.7. The van der Waals surface area contributed by atoms with Crippen molar-refractivity contribution in [3.05, 3.63) is 77.3 Å². The molecule has 0 fully saturated rings. The van der Waals surface area contributed by atoms with Crippen LogP contribution in [0.15, 0.2) is 60.7 Å². The first-order chi connectivity index (χ1) is 33.2. The first kappa shape index (κ1) is 75.1. The van der Waals surface area contributed by atoms with E-state index in [1.54, 1.807) is 24.3 Å². The standard InChI is InChI=1S/C16H7F17O3S.C8HF17O2S.C8H6N2O.Na/c17-9(18,11(21,22)13(25,26)15(29,30)31)10(19,20)12(23,24)14(27,28)16(32,33)37(35)36-6-8(34)7-4-2-1-3-5-7;9-1(10,3(13,14)5(17,18)7(21,22)23)2(11,12)4(15,16)6(19,20)8(24,25)28(26)27;9-10-6-8(11)7-4-2-1-3-5-7;/h1-5H,6H2;(H,26,27);1-6H;/q;;;+1/p-1. The Kier molecular flexibility index (Phi) is 23.0. The summed E-state index contributed by atoms with van der Waals surface area (Å²) in [6.45, 7) is -1.93. The van der Waals surface area contributed by atoms with Crippen LogP contribution in [-0.4, -0.2) is 136 Å². The van der Waals surface area contributed by atoms with Gasteiger partial charge < -0.3 is 10.1 Å². The van der Waals surface area contributed by atoms with Gasteiger partial charge in [-0.15, -0.1) is 0 Å². The number of rotatable bonds is 20. The van der Waals surface area contributed by atoms with E-state index >= 15 is 0 Å². The van der Waals surface area contributed by atoms with Gasteiger partial charge in [0, 0.05) is 22.2 Å². The molecule has 0 aromatic heterocycles. The molecule has 0 heterocycles. The van der Waals surface area contributed by atoms with E-state index in [9.17, 15) is 172 Å². The van der Waals surface area contributed by atoms with Crippen molar-refractivity contribution in [3.63, 3.8) is 0 Å². The summed E-state index contributed by atoms with van der Waals surface area (Å²) in [5, 5.41) is -14.7. The molecule has 0 spiro atoms. The minimum absolute atomic E-state index is 0. The maximum atomic E-state index is 13.7. The van der Waals surface area contributed by atoms with Crippen LogP contribution in [0.3, 0.4) is 0 Å². The molecule has 2 rings (SSSR count). The van der Waals surface area contributed by atoms with E-state index in [4.69, 9.17) is 5.53 Å². The second-order valence-corrected chi connectivity index (χ2v) is 15.6. The third-order valence-electron chi connectivity index (χ3n) is 8.43. The van der Waals surface area contributed by atoms with Crippen molar-refractivity contribution in [3.8, 4) is 0 Å². The van der Waals surface area contributed by atoms with Crippen LogP contribution in [0.5, 0.6) is 0 Å². The smallest absolute Gasteiger partial charge is 0.768 e. The average Bonchev–Trinajstić information content (AvgIpc) is 3.27. The fourth-order valence-electron chi connectivity index (χ4n) is 4.13. The number of ketones is 2. The number of hydrogen-bond donors (Lipinski definition) is 0. The minimum Gasteiger partial charge on any atom is -0.768 e. The molecule has 0 aliphatic carbocycles. The summed E-state index contributed by atoms with van der Waals surface area (Å²) in [7, 11) is 0. The van der Waals surface area contributed by atoms with Gasteiger partial charge in [0.05, 0.1) is 0 Å². The molecular formula is C32H13F34N2NaO6S2. The summed E-state index contributed by atoms with van der Waals surface area (Å²) in [5.74, 6) is -104. The average molecular weight is 1250 g/mol. The normalized spacial score (nSPS) is 15.3. The van der Waals surface area contributed by atoms with Crippen molar-refractivity contribution in [2.45, 2.75) is 93.9 Å². The van der Waals surface area contributed by atoms with Crippen LogP contribution >= 0.6 is 0 Å². The van der Waals surface area contributed by atoms with Crippen LogP contribution in [0.1, 0.15) is 20.7 Å². The van der Waals surface area contributed by atoms with E-state index < -0.39 is 134 Å². The second kappa shape index (κ2) is 23.6. The molecule has 2 aromatic carbocycles. The van der Waals surface area contributed by atoms with Crippen molar-refractivity contribution in [2.75, 3.05) is 6.61 Å². The third-order valence-corrected chi connectivity index (χ3v) is 10.1. The number of nitrogens with zero attached hydrogens (tertiary/aromatic N) is 2. The van der Waals surface area contributed by atoms with Gasteiger partial charge in [0.25, 0.3) is 5.78 Å². The quantitative estimate of drug-likeness (QED) is 0.0247. The predicted octanol–water partition coefficient (Wildman–Crippen LogP) is 9.52. The van der Waals surface area contributed by atoms with Gasteiger partial charge in [0.1, 0.15) is 6.61 Å². The molecule has 438 valence electrons. The fourth-order valence-corrected chi connectivity index (χ4v) is 5.16. The molecule has 8 nitrogen and oxygen atoms in total.